The lowest BCUT2D eigenvalue weighted by molar-refractivity contribution is 1.35. The zero-order valence-electron chi connectivity index (χ0n) is 8.82. The average Bonchev–Trinajstić information content (AvgIpc) is 2.77. The molecule has 90 valence electrons. The Morgan fingerprint density at radius 1 is 1.06 bits per heavy atom. The van der Waals surface area contributed by atoms with E-state index < -0.39 is 0 Å². The van der Waals surface area contributed by atoms with E-state index in [1.807, 2.05) is 6.07 Å². The van der Waals surface area contributed by atoms with Gasteiger partial charge in [0.05, 0.1) is 15.2 Å². The van der Waals surface area contributed by atoms with Crippen LogP contribution in [0.4, 0.5) is 0 Å². The molecule has 3 aromatic rings. The second-order valence-corrected chi connectivity index (χ2v) is 5.79. The molecule has 0 radical (unpaired) electrons. The van der Waals surface area contributed by atoms with Gasteiger partial charge >= 0.3 is 0 Å². The summed E-state index contributed by atoms with van der Waals surface area (Å²) in [6.45, 7) is 0. The predicted molar refractivity (Wildman–Crippen MR) is 77.9 cm³/mol. The summed E-state index contributed by atoms with van der Waals surface area (Å²) < 4.78 is 0.852. The summed E-state index contributed by atoms with van der Waals surface area (Å²) in [6, 6.07) is 7.11. The Morgan fingerprint density at radius 2 is 1.89 bits per heavy atom. The van der Waals surface area contributed by atoms with Crippen molar-refractivity contribution < 1.29 is 0 Å². The molecule has 6 heteroatoms. The van der Waals surface area contributed by atoms with Crippen LogP contribution in [0, 0.1) is 0 Å². The number of halogens is 3. The van der Waals surface area contributed by atoms with Crippen molar-refractivity contribution in [2.45, 2.75) is 0 Å². The first-order chi connectivity index (χ1) is 8.65. The third kappa shape index (κ3) is 2.08. The van der Waals surface area contributed by atoms with Gasteiger partial charge in [0.2, 0.25) is 0 Å². The SMILES string of the molecule is Clc1ccc(Cl)c(-c2nc3ccnc(Cl)c3s2)c1. The molecule has 0 amide bonds. The number of aromatic nitrogens is 2. The molecule has 0 unspecified atom stereocenters. The third-order valence-corrected chi connectivity index (χ3v) is 4.49. The number of thiazole rings is 1. The topological polar surface area (TPSA) is 25.8 Å². The molecule has 0 aliphatic heterocycles. The molecular formula is C12H5Cl3N2S. The Balaban J connectivity index is 2.26. The van der Waals surface area contributed by atoms with Crippen LogP contribution in [0.15, 0.2) is 30.5 Å². The van der Waals surface area contributed by atoms with Crippen molar-refractivity contribution in [3.05, 3.63) is 45.7 Å². The van der Waals surface area contributed by atoms with Crippen LogP contribution in [-0.2, 0) is 0 Å². The van der Waals surface area contributed by atoms with E-state index in [0.29, 0.717) is 15.2 Å². The first-order valence-electron chi connectivity index (χ1n) is 5.01. The highest BCUT2D eigenvalue weighted by molar-refractivity contribution is 7.22. The van der Waals surface area contributed by atoms with Crippen LogP contribution in [-0.4, -0.2) is 9.97 Å². The quantitative estimate of drug-likeness (QED) is 0.568. The Kier molecular flexibility index (Phi) is 3.16. The van der Waals surface area contributed by atoms with Gasteiger partial charge in [-0.3, -0.25) is 0 Å². The Hall–Kier alpha value is -0.870. The molecule has 0 saturated carbocycles. The minimum Gasteiger partial charge on any atom is -0.243 e. The van der Waals surface area contributed by atoms with E-state index in [4.69, 9.17) is 34.8 Å². The van der Waals surface area contributed by atoms with Gasteiger partial charge in [-0.2, -0.15) is 0 Å². The number of pyridine rings is 1. The fraction of sp³-hybridized carbons (Fsp3) is 0. The lowest BCUT2D eigenvalue weighted by Crippen LogP contribution is -1.78. The molecule has 0 fully saturated rings. The van der Waals surface area contributed by atoms with Crippen molar-refractivity contribution in [2.75, 3.05) is 0 Å². The number of rotatable bonds is 1. The van der Waals surface area contributed by atoms with Crippen molar-refractivity contribution in [1.82, 2.24) is 9.97 Å². The fourth-order valence-electron chi connectivity index (χ4n) is 1.60. The van der Waals surface area contributed by atoms with Gasteiger partial charge in [-0.25, -0.2) is 9.97 Å². The Morgan fingerprint density at radius 3 is 2.67 bits per heavy atom. The summed E-state index contributed by atoms with van der Waals surface area (Å²) in [6.07, 6.45) is 1.63. The lowest BCUT2D eigenvalue weighted by atomic mass is 10.2. The highest BCUT2D eigenvalue weighted by Gasteiger charge is 2.12. The monoisotopic (exact) mass is 314 g/mol. The number of benzene rings is 1. The third-order valence-electron chi connectivity index (χ3n) is 2.42. The van der Waals surface area contributed by atoms with E-state index in [0.717, 1.165) is 20.8 Å². The highest BCUT2D eigenvalue weighted by atomic mass is 35.5. The fourth-order valence-corrected chi connectivity index (χ4v) is 3.28. The molecule has 0 spiro atoms. The zero-order chi connectivity index (χ0) is 12.7. The van der Waals surface area contributed by atoms with Crippen molar-refractivity contribution in [3.63, 3.8) is 0 Å². The molecule has 2 aromatic heterocycles. The molecule has 0 atom stereocenters. The second-order valence-electron chi connectivity index (χ2n) is 3.59. The van der Waals surface area contributed by atoms with Crippen LogP contribution >= 0.6 is 46.1 Å². The van der Waals surface area contributed by atoms with E-state index >= 15 is 0 Å². The Labute approximate surface area is 122 Å². The maximum atomic E-state index is 6.16. The van der Waals surface area contributed by atoms with Crippen LogP contribution in [0.3, 0.4) is 0 Å². The van der Waals surface area contributed by atoms with Gasteiger partial charge in [0.1, 0.15) is 10.2 Å². The molecular weight excluding hydrogens is 311 g/mol. The van der Waals surface area contributed by atoms with E-state index in [2.05, 4.69) is 9.97 Å². The van der Waals surface area contributed by atoms with Crippen molar-refractivity contribution >= 4 is 56.4 Å². The molecule has 0 N–H and O–H groups in total. The van der Waals surface area contributed by atoms with Gasteiger partial charge in [0.15, 0.2) is 0 Å². The number of fused-ring (bicyclic) bond motifs is 1. The summed E-state index contributed by atoms with van der Waals surface area (Å²) in [5.41, 5.74) is 1.62. The van der Waals surface area contributed by atoms with Crippen LogP contribution in [0.25, 0.3) is 20.8 Å². The van der Waals surface area contributed by atoms with Crippen LogP contribution < -0.4 is 0 Å². The molecule has 3 rings (SSSR count). The van der Waals surface area contributed by atoms with E-state index in [1.54, 1.807) is 24.4 Å². The maximum Gasteiger partial charge on any atom is 0.148 e. The summed E-state index contributed by atoms with van der Waals surface area (Å²) >= 11 is 19.6. The number of hydrogen-bond acceptors (Lipinski definition) is 3. The molecule has 0 bridgehead atoms. The van der Waals surface area contributed by atoms with Gasteiger partial charge in [-0.1, -0.05) is 34.8 Å². The van der Waals surface area contributed by atoms with Crippen molar-refractivity contribution in [3.8, 4) is 10.6 Å². The van der Waals surface area contributed by atoms with Gasteiger partial charge in [0, 0.05) is 16.8 Å². The zero-order valence-corrected chi connectivity index (χ0v) is 11.9. The Bertz CT molecular complexity index is 739. The predicted octanol–water partition coefficient (Wildman–Crippen LogP) is 5.32. The first kappa shape index (κ1) is 12.2. The van der Waals surface area contributed by atoms with Gasteiger partial charge in [-0.15, -0.1) is 11.3 Å². The molecule has 0 saturated heterocycles. The van der Waals surface area contributed by atoms with Crippen LogP contribution in [0.1, 0.15) is 0 Å². The second kappa shape index (κ2) is 4.67. The summed E-state index contributed by atoms with van der Waals surface area (Å²) in [5.74, 6) is 0. The first-order valence-corrected chi connectivity index (χ1v) is 6.96. The van der Waals surface area contributed by atoms with Crippen LogP contribution in [0.5, 0.6) is 0 Å². The van der Waals surface area contributed by atoms with Crippen molar-refractivity contribution in [2.24, 2.45) is 0 Å². The molecule has 1 aromatic carbocycles. The molecule has 2 nitrogen and oxygen atoms in total. The molecule has 0 aliphatic rings. The summed E-state index contributed by atoms with van der Waals surface area (Å²) in [4.78, 5) is 8.53. The van der Waals surface area contributed by atoms with E-state index in [9.17, 15) is 0 Å². The van der Waals surface area contributed by atoms with Crippen molar-refractivity contribution in [1.29, 1.82) is 0 Å². The van der Waals surface area contributed by atoms with Crippen LogP contribution in [0.2, 0.25) is 15.2 Å². The standard InChI is InChI=1S/C12H5Cl3N2S/c13-6-1-2-8(14)7(5-6)12-17-9-3-4-16-11(15)10(9)18-12/h1-5H. The number of nitrogens with zero attached hydrogens (tertiary/aromatic N) is 2. The molecule has 18 heavy (non-hydrogen) atoms. The largest absolute Gasteiger partial charge is 0.243 e. The average molecular weight is 316 g/mol. The molecule has 0 aliphatic carbocycles. The summed E-state index contributed by atoms with van der Waals surface area (Å²) in [7, 11) is 0. The van der Waals surface area contributed by atoms with E-state index in [1.165, 1.54) is 11.3 Å². The smallest absolute Gasteiger partial charge is 0.148 e. The molecule has 2 heterocycles. The van der Waals surface area contributed by atoms with Gasteiger partial charge in [0.25, 0.3) is 0 Å². The minimum absolute atomic E-state index is 0.453. The van der Waals surface area contributed by atoms with Gasteiger partial charge in [-0.05, 0) is 24.3 Å². The maximum absolute atomic E-state index is 6.16. The lowest BCUT2D eigenvalue weighted by Gasteiger charge is -2.00. The summed E-state index contributed by atoms with van der Waals surface area (Å²) in [5, 5.41) is 2.47. The van der Waals surface area contributed by atoms with E-state index in [-0.39, 0.29) is 0 Å². The van der Waals surface area contributed by atoms with Gasteiger partial charge < -0.3 is 0 Å². The normalized spacial score (nSPS) is 11.1. The highest BCUT2D eigenvalue weighted by Crippen LogP contribution is 2.37. The number of hydrogen-bond donors (Lipinski definition) is 0. The minimum atomic E-state index is 0.453.